The highest BCUT2D eigenvalue weighted by molar-refractivity contribution is 9.10. The van der Waals surface area contributed by atoms with Crippen LogP contribution in [0.15, 0.2) is 55.8 Å². The Balaban J connectivity index is 0. The van der Waals surface area contributed by atoms with Crippen LogP contribution in [0.4, 0.5) is 0 Å². The number of furan rings is 1. The molecule has 7 nitrogen and oxygen atoms in total. The fourth-order valence-corrected chi connectivity index (χ4v) is 3.68. The van der Waals surface area contributed by atoms with Crippen LogP contribution in [0.25, 0.3) is 21.9 Å². The van der Waals surface area contributed by atoms with Gasteiger partial charge in [-0.25, -0.2) is 9.59 Å². The fraction of sp³-hybridized carbons (Fsp3) is 0.379. The van der Waals surface area contributed by atoms with Crippen molar-refractivity contribution in [2.75, 3.05) is 0 Å². The summed E-state index contributed by atoms with van der Waals surface area (Å²) < 4.78 is 6.90. The number of carbonyl (C=O) groups is 2. The predicted octanol–water partition coefficient (Wildman–Crippen LogP) is 9.65. The first-order valence-electron chi connectivity index (χ1n) is 11.6. The molecule has 0 aliphatic carbocycles. The molecule has 2 heterocycles. The van der Waals surface area contributed by atoms with E-state index < -0.39 is 11.9 Å². The first-order chi connectivity index (χ1) is 16.9. The van der Waals surface area contributed by atoms with Gasteiger partial charge in [-0.1, -0.05) is 93.7 Å². The van der Waals surface area contributed by atoms with Gasteiger partial charge in [-0.15, -0.1) is 0 Å². The van der Waals surface area contributed by atoms with Crippen molar-refractivity contribution in [2.45, 2.75) is 74.8 Å². The van der Waals surface area contributed by atoms with Gasteiger partial charge >= 0.3 is 11.9 Å². The number of halogens is 2. The summed E-state index contributed by atoms with van der Waals surface area (Å²) in [5, 5.41) is 19.3. The summed E-state index contributed by atoms with van der Waals surface area (Å²) >= 11 is 6.62. The first-order valence-corrected chi connectivity index (χ1v) is 13.2. The van der Waals surface area contributed by atoms with Crippen molar-refractivity contribution in [1.29, 1.82) is 0 Å². The van der Waals surface area contributed by atoms with Crippen molar-refractivity contribution in [2.24, 2.45) is 5.73 Å². The summed E-state index contributed by atoms with van der Waals surface area (Å²) in [7, 11) is 0. The molecule has 212 valence electrons. The standard InChI is InChI=1S/C10H8BrNO2.C9H5BrO3.C5H12.C3H9N.2CH4/c1-5-7-4-6(11)2-3-8(7)12-9(5)10(13)14;10-6-2-1-5-3-8(9(11)12)13-7(5)4-6;1-3-5-4-2;1-3(2)4;;/h2-4,12H,1H3,(H,13,14);1-4H,(H,11,12);3-5H2,1-2H3;3H,4H2,1-2H3;2*1H4. The molecule has 0 unspecified atom stereocenters. The Morgan fingerprint density at radius 1 is 0.947 bits per heavy atom. The Hall–Kier alpha value is -2.62. The Morgan fingerprint density at radius 3 is 1.95 bits per heavy atom. The molecule has 0 fully saturated rings. The van der Waals surface area contributed by atoms with Crippen molar-refractivity contribution in [3.8, 4) is 0 Å². The SMILES string of the molecule is C.C.CC(C)N.CCCCC.Cc1c(C(=O)O)[nH]c2ccc(Br)cc12.O=C(O)c1cc2ccc(Br)cc2o1. The molecule has 5 N–H and O–H groups in total. The molecule has 0 saturated heterocycles. The number of aryl methyl sites for hydroxylation is 1. The molecule has 0 aliphatic rings. The molecule has 38 heavy (non-hydrogen) atoms. The van der Waals surface area contributed by atoms with E-state index in [1.165, 1.54) is 25.3 Å². The number of carboxylic acids is 2. The number of aromatic carboxylic acids is 2. The maximum absolute atomic E-state index is 10.8. The maximum Gasteiger partial charge on any atom is 0.371 e. The number of fused-ring (bicyclic) bond motifs is 2. The number of nitrogens with two attached hydrogens (primary N) is 1. The molecule has 2 aromatic carbocycles. The number of H-pyrrole nitrogens is 1. The number of unbranched alkanes of at least 4 members (excludes halogenated alkanes) is 2. The van der Waals surface area contributed by atoms with Crippen LogP contribution >= 0.6 is 31.9 Å². The van der Waals surface area contributed by atoms with Crippen LogP contribution in [0, 0.1) is 6.92 Å². The first kappa shape index (κ1) is 37.5. The lowest BCUT2D eigenvalue weighted by Crippen LogP contribution is -2.06. The minimum atomic E-state index is -1.05. The molecule has 4 rings (SSSR count). The van der Waals surface area contributed by atoms with Gasteiger partial charge in [0.2, 0.25) is 5.76 Å². The highest BCUT2D eigenvalue weighted by Crippen LogP contribution is 2.25. The van der Waals surface area contributed by atoms with Gasteiger partial charge in [-0.3, -0.25) is 0 Å². The van der Waals surface area contributed by atoms with Crippen molar-refractivity contribution in [3.63, 3.8) is 0 Å². The van der Waals surface area contributed by atoms with Gasteiger partial charge < -0.3 is 25.3 Å². The number of nitrogens with one attached hydrogen (secondary N) is 1. The molecule has 0 amide bonds. The van der Waals surface area contributed by atoms with Crippen molar-refractivity contribution in [1.82, 2.24) is 4.98 Å². The molecule has 0 aliphatic heterocycles. The summed E-state index contributed by atoms with van der Waals surface area (Å²) in [6, 6.07) is 12.9. The molecule has 0 radical (unpaired) electrons. The van der Waals surface area contributed by atoms with Crippen LogP contribution in [0.5, 0.6) is 0 Å². The molecular weight excluding hydrogens is 616 g/mol. The van der Waals surface area contributed by atoms with E-state index in [0.29, 0.717) is 11.6 Å². The van der Waals surface area contributed by atoms with Gasteiger partial charge in [0, 0.05) is 25.2 Å². The van der Waals surface area contributed by atoms with Crippen LogP contribution in [0.2, 0.25) is 0 Å². The van der Waals surface area contributed by atoms with Gasteiger partial charge in [0.05, 0.1) is 0 Å². The minimum absolute atomic E-state index is 0. The molecule has 0 bridgehead atoms. The number of hydrogen-bond acceptors (Lipinski definition) is 4. The summed E-state index contributed by atoms with van der Waals surface area (Å²) in [6.45, 7) is 10.1. The van der Waals surface area contributed by atoms with Gasteiger partial charge in [0.25, 0.3) is 0 Å². The Morgan fingerprint density at radius 2 is 1.47 bits per heavy atom. The van der Waals surface area contributed by atoms with Crippen LogP contribution in [0.1, 0.15) is 88.4 Å². The number of benzene rings is 2. The fourth-order valence-electron chi connectivity index (χ4n) is 2.98. The molecule has 0 spiro atoms. The van der Waals surface area contributed by atoms with E-state index in [-0.39, 0.29) is 26.3 Å². The average molecular weight is 658 g/mol. The number of hydrogen-bond donors (Lipinski definition) is 4. The molecule has 0 saturated carbocycles. The van der Waals surface area contributed by atoms with Crippen LogP contribution in [-0.2, 0) is 0 Å². The second-order valence-electron chi connectivity index (χ2n) is 8.32. The lowest BCUT2D eigenvalue weighted by atomic mass is 10.1. The summed E-state index contributed by atoms with van der Waals surface area (Å²) in [5.41, 5.74) is 7.57. The molecule has 4 aromatic rings. The monoisotopic (exact) mass is 656 g/mol. The highest BCUT2D eigenvalue weighted by atomic mass is 79.9. The van der Waals surface area contributed by atoms with Crippen molar-refractivity contribution < 1.29 is 24.2 Å². The zero-order valence-corrected chi connectivity index (χ0v) is 24.4. The third kappa shape index (κ3) is 12.3. The molecule has 0 atom stereocenters. The lowest BCUT2D eigenvalue weighted by Gasteiger charge is -1.92. The third-order valence-corrected chi connectivity index (χ3v) is 5.62. The topological polar surface area (TPSA) is 130 Å². The van der Waals surface area contributed by atoms with Crippen LogP contribution < -0.4 is 5.73 Å². The van der Waals surface area contributed by atoms with Crippen LogP contribution in [0.3, 0.4) is 0 Å². The van der Waals surface area contributed by atoms with E-state index in [1.54, 1.807) is 19.1 Å². The summed E-state index contributed by atoms with van der Waals surface area (Å²) in [4.78, 5) is 24.3. The average Bonchev–Trinajstić information content (AvgIpc) is 3.36. The van der Waals surface area contributed by atoms with E-state index in [1.807, 2.05) is 38.1 Å². The van der Waals surface area contributed by atoms with E-state index >= 15 is 0 Å². The zero-order valence-electron chi connectivity index (χ0n) is 21.2. The normalized spacial score (nSPS) is 9.61. The van der Waals surface area contributed by atoms with Gasteiger partial charge in [0.1, 0.15) is 11.3 Å². The quantitative estimate of drug-likeness (QED) is 0.173. The number of aromatic amines is 1. The second-order valence-corrected chi connectivity index (χ2v) is 10.1. The number of aromatic nitrogens is 1. The zero-order chi connectivity index (χ0) is 27.4. The van der Waals surface area contributed by atoms with E-state index in [0.717, 1.165) is 30.8 Å². The highest BCUT2D eigenvalue weighted by Gasteiger charge is 2.13. The number of carboxylic acid groups (broad SMARTS) is 2. The van der Waals surface area contributed by atoms with Gasteiger partial charge in [0.15, 0.2) is 0 Å². The van der Waals surface area contributed by atoms with Crippen LogP contribution in [-0.4, -0.2) is 33.2 Å². The predicted molar refractivity (Wildman–Crippen MR) is 167 cm³/mol. The third-order valence-electron chi connectivity index (χ3n) is 4.63. The molecular formula is C29H42Br2N2O5. The van der Waals surface area contributed by atoms with E-state index in [4.69, 9.17) is 20.4 Å². The van der Waals surface area contributed by atoms with E-state index in [2.05, 4.69) is 50.7 Å². The Kier molecular flexibility index (Phi) is 18.4. The summed E-state index contributed by atoms with van der Waals surface area (Å²) in [5.74, 6) is -2.00. The number of rotatable bonds is 4. The maximum atomic E-state index is 10.8. The largest absolute Gasteiger partial charge is 0.477 e. The molecule has 2 aromatic heterocycles. The minimum Gasteiger partial charge on any atom is -0.477 e. The van der Waals surface area contributed by atoms with E-state index in [9.17, 15) is 9.59 Å². The molecule has 9 heteroatoms. The Bertz CT molecular complexity index is 1270. The summed E-state index contributed by atoms with van der Waals surface area (Å²) in [6.07, 6.45) is 4.08. The van der Waals surface area contributed by atoms with Crippen molar-refractivity contribution >= 4 is 65.7 Å². The second kappa shape index (κ2) is 18.6. The van der Waals surface area contributed by atoms with Crippen molar-refractivity contribution in [3.05, 3.63) is 68.4 Å². The smallest absolute Gasteiger partial charge is 0.371 e. The van der Waals surface area contributed by atoms with Gasteiger partial charge in [-0.05, 0) is 61.0 Å². The van der Waals surface area contributed by atoms with Gasteiger partial charge in [-0.2, -0.15) is 0 Å². The lowest BCUT2D eigenvalue weighted by molar-refractivity contribution is 0.0661. The Labute approximate surface area is 243 Å².